The second-order valence-corrected chi connectivity index (χ2v) is 23.6. The summed E-state index contributed by atoms with van der Waals surface area (Å²) in [5, 5.41) is 19.4. The van der Waals surface area contributed by atoms with E-state index in [0.29, 0.717) is 37.0 Å². The minimum Gasteiger partial charge on any atom is -0.481 e. The Kier molecular flexibility index (Phi) is 23.1. The zero-order valence-electron chi connectivity index (χ0n) is 44.3. The van der Waals surface area contributed by atoms with E-state index in [2.05, 4.69) is 18.9 Å². The van der Waals surface area contributed by atoms with Crippen LogP contribution < -0.4 is 25.2 Å². The molecule has 0 bridgehead atoms. The number of nitro benzene ring substituents is 1. The standard InChI is InChI=1S/C19H15FN2O4.C15H22ClNO2.C14H13NO7S.C5H12NO4P/c1-2-7-21-15-9-14(13(20)8-16(15)26-10-17(21)23)22-18(24)11-5-3-4-6-12(11)19(22)25;1-5-13-8-6-7-11(2)15(13)17(14(18)9-16)12(3)10-19-4;1-23(21,22)8-5-6-9(10(7-8)15(19)20)14(18)13-11(16)3-2-4-12(13)17;1-11(9,10)3-2-4(6)5(7)8/h1,8-9H,3-7,10H2;6-8,12H,5,9-10H2,1-4H3;5-7,13H,2-4H2,1H3;4H,2-3,6H2,1H3,(H,7,8)(H,9,10). The van der Waals surface area contributed by atoms with Crippen molar-refractivity contribution >= 4 is 98.5 Å². The largest absolute Gasteiger partial charge is 0.481 e. The number of rotatable bonds is 16. The number of alkyl halides is 1. The third-order valence-electron chi connectivity index (χ3n) is 12.8. The van der Waals surface area contributed by atoms with Gasteiger partial charge in [0.05, 0.1) is 51.6 Å². The molecule has 2 aliphatic heterocycles. The van der Waals surface area contributed by atoms with Crippen molar-refractivity contribution in [2.45, 2.75) is 95.5 Å². The molecule has 0 aromatic heterocycles. The lowest BCUT2D eigenvalue weighted by atomic mass is 9.81. The lowest BCUT2D eigenvalue weighted by molar-refractivity contribution is -0.385. The number of anilines is 3. The van der Waals surface area contributed by atoms with Crippen molar-refractivity contribution in [3.05, 3.63) is 92.3 Å². The van der Waals surface area contributed by atoms with E-state index < -0.39 is 86.3 Å². The number of fused-ring (bicyclic) bond motifs is 1. The average molecular weight is 1160 g/mol. The Morgan fingerprint density at radius 3 is 2.14 bits per heavy atom. The summed E-state index contributed by atoms with van der Waals surface area (Å²) in [7, 11) is -5.16. The fourth-order valence-corrected chi connectivity index (χ4v) is 10.4. The van der Waals surface area contributed by atoms with Gasteiger partial charge in [-0.3, -0.25) is 57.9 Å². The van der Waals surface area contributed by atoms with Crippen molar-refractivity contribution in [1.82, 2.24) is 0 Å². The number of nitrogens with zero attached hydrogens (tertiary/aromatic N) is 4. The Bertz CT molecular complexity index is 3110. The lowest BCUT2D eigenvalue weighted by Crippen LogP contribution is -2.43. The highest BCUT2D eigenvalue weighted by Crippen LogP contribution is 2.42. The molecule has 4 N–H and O–H groups in total. The molecular weight excluding hydrogens is 1100 g/mol. The van der Waals surface area contributed by atoms with E-state index in [1.807, 2.05) is 26.0 Å². The topological polar surface area (TPSA) is 326 Å². The van der Waals surface area contributed by atoms with Crippen LogP contribution in [-0.4, -0.2) is 134 Å². The van der Waals surface area contributed by atoms with E-state index in [4.69, 9.17) is 43.2 Å². The number of hydrogen-bond donors (Lipinski definition) is 3. The summed E-state index contributed by atoms with van der Waals surface area (Å²) in [6.45, 7) is 7.48. The summed E-state index contributed by atoms with van der Waals surface area (Å²) in [5.74, 6) is -4.46. The van der Waals surface area contributed by atoms with Gasteiger partial charge in [-0.15, -0.1) is 18.0 Å². The van der Waals surface area contributed by atoms with Crippen LogP contribution in [0.5, 0.6) is 5.75 Å². The van der Waals surface area contributed by atoms with Crippen molar-refractivity contribution in [2.75, 3.05) is 66.5 Å². The van der Waals surface area contributed by atoms with Crippen LogP contribution in [0.1, 0.15) is 86.7 Å². The monoisotopic (exact) mass is 1160 g/mol. The molecule has 3 atom stereocenters. The highest BCUT2D eigenvalue weighted by Gasteiger charge is 2.42. The molecule has 0 spiro atoms. The molecule has 2 heterocycles. The SMILES string of the molecule is C#CCN1C(=O)COc2cc(F)c(N3C(=O)C4=C(CCCC4)C3=O)cc21.CCc1cccc(C)c1N(C(=O)CCl)C(C)COC.CP(=O)(O)CCC(N)C(=O)O.CS(=O)(=O)c1ccc(C(=O)C2C(=O)CCCC2=O)c([N+](=O)[O-])c1. The maximum atomic E-state index is 14.7. The number of sulfone groups is 1. The van der Waals surface area contributed by atoms with Crippen molar-refractivity contribution in [3.8, 4) is 18.1 Å². The van der Waals surface area contributed by atoms with E-state index in [9.17, 15) is 65.8 Å². The number of halogens is 2. The van der Waals surface area contributed by atoms with Gasteiger partial charge in [0.2, 0.25) is 5.91 Å². The highest BCUT2D eigenvalue weighted by molar-refractivity contribution is 7.90. The number of carboxylic acid groups (broad SMARTS) is 1. The number of ketones is 3. The summed E-state index contributed by atoms with van der Waals surface area (Å²) in [6.07, 6.45) is 10.3. The fourth-order valence-electron chi connectivity index (χ4n) is 8.88. The first-order valence-electron chi connectivity index (χ1n) is 24.7. The number of carboxylic acids is 1. The molecule has 7 rings (SSSR count). The molecule has 1 fully saturated rings. The summed E-state index contributed by atoms with van der Waals surface area (Å²) >= 11 is 5.76. The van der Waals surface area contributed by atoms with Gasteiger partial charge in [0.25, 0.3) is 23.4 Å². The second kappa shape index (κ2) is 28.2. The Labute approximate surface area is 460 Å². The quantitative estimate of drug-likeness (QED) is 0.0220. The Morgan fingerprint density at radius 1 is 1.03 bits per heavy atom. The summed E-state index contributed by atoms with van der Waals surface area (Å²) < 4.78 is 58.7. The number of Topliss-reactive ketones (excluding diaryl/α,β-unsaturated/α-hetero) is 3. The molecule has 22 nitrogen and oxygen atoms in total. The lowest BCUT2D eigenvalue weighted by Gasteiger charge is -2.31. The number of methoxy groups -OCH3 is 1. The molecule has 1 saturated carbocycles. The fraction of sp³-hybridized carbons (Fsp3) is 0.434. The predicted octanol–water partition coefficient (Wildman–Crippen LogP) is 5.90. The van der Waals surface area contributed by atoms with Crippen molar-refractivity contribution in [1.29, 1.82) is 0 Å². The van der Waals surface area contributed by atoms with Crippen LogP contribution in [0.3, 0.4) is 0 Å². The first-order chi connectivity index (χ1) is 37.0. The Morgan fingerprint density at radius 2 is 1.63 bits per heavy atom. The second-order valence-electron chi connectivity index (χ2n) is 18.8. The molecule has 0 saturated heterocycles. The maximum Gasteiger partial charge on any atom is 0.320 e. The van der Waals surface area contributed by atoms with Crippen molar-refractivity contribution < 1.29 is 80.1 Å². The first-order valence-corrected chi connectivity index (χ1v) is 29.4. The molecule has 426 valence electrons. The number of imide groups is 1. The van der Waals surface area contributed by atoms with Gasteiger partial charge in [0.1, 0.15) is 23.6 Å². The van der Waals surface area contributed by atoms with Gasteiger partial charge in [-0.25, -0.2) is 17.7 Å². The van der Waals surface area contributed by atoms with Gasteiger partial charge in [-0.05, 0) is 88.1 Å². The molecule has 26 heteroatoms. The number of para-hydroxylation sites is 1. The zero-order chi connectivity index (χ0) is 59.3. The number of nitro groups is 1. The molecule has 0 radical (unpaired) electrons. The summed E-state index contributed by atoms with van der Waals surface area (Å²) in [5.41, 5.74) is 8.13. The number of benzene rings is 3. The van der Waals surface area contributed by atoms with Crippen molar-refractivity contribution in [2.24, 2.45) is 11.7 Å². The molecule has 4 amide bonds. The van der Waals surface area contributed by atoms with E-state index in [1.54, 1.807) is 12.0 Å². The first kappa shape index (κ1) is 64.5. The van der Waals surface area contributed by atoms with Crippen molar-refractivity contribution in [3.63, 3.8) is 0 Å². The van der Waals surface area contributed by atoms with Crippen LogP contribution in [0.15, 0.2) is 64.6 Å². The Balaban J connectivity index is 0.000000236. The number of ether oxygens (including phenoxy) is 2. The molecule has 2 aliphatic carbocycles. The van der Waals surface area contributed by atoms with Gasteiger partial charge in [-0.2, -0.15) is 0 Å². The van der Waals surface area contributed by atoms with E-state index in [0.717, 1.165) is 71.5 Å². The van der Waals surface area contributed by atoms with Gasteiger partial charge in [0, 0.05) is 62.3 Å². The van der Waals surface area contributed by atoms with Crippen LogP contribution in [0, 0.1) is 41.1 Å². The molecular formula is C53H62ClFN5O17PS. The minimum absolute atomic E-state index is 0.0170. The minimum atomic E-state index is -3.70. The van der Waals surface area contributed by atoms with E-state index in [-0.39, 0.29) is 84.3 Å². The smallest absolute Gasteiger partial charge is 0.320 e. The van der Waals surface area contributed by atoms with E-state index in [1.165, 1.54) is 17.6 Å². The number of carbonyl (C=O) groups is 8. The summed E-state index contributed by atoms with van der Waals surface area (Å²) in [4.78, 5) is 118. The maximum absolute atomic E-state index is 14.7. The Hall–Kier alpha value is -7.00. The zero-order valence-corrected chi connectivity index (χ0v) is 46.8. The van der Waals surface area contributed by atoms with Gasteiger partial charge in [0.15, 0.2) is 47.0 Å². The normalized spacial score (nSPS) is 16.7. The van der Waals surface area contributed by atoms with Gasteiger partial charge in [-0.1, -0.05) is 31.0 Å². The molecule has 4 aliphatic rings. The van der Waals surface area contributed by atoms with Crippen LogP contribution in [0.4, 0.5) is 27.1 Å². The molecule has 3 aromatic rings. The molecule has 3 unspecified atom stereocenters. The number of aliphatic carboxylic acids is 1. The van der Waals surface area contributed by atoms with Crippen LogP contribution in [0.25, 0.3) is 0 Å². The number of amides is 4. The van der Waals surface area contributed by atoms with Crippen LogP contribution in [0.2, 0.25) is 0 Å². The van der Waals surface area contributed by atoms with Gasteiger partial charge < -0.3 is 30.1 Å². The van der Waals surface area contributed by atoms with Crippen LogP contribution in [-0.2, 0) is 59.1 Å². The van der Waals surface area contributed by atoms with Gasteiger partial charge >= 0.3 is 5.97 Å². The third-order valence-corrected chi connectivity index (χ3v) is 15.2. The number of aryl methyl sites for hydroxylation is 2. The number of nitrogens with two attached hydrogens (primary N) is 1. The molecule has 3 aromatic carbocycles. The summed E-state index contributed by atoms with van der Waals surface area (Å²) in [6, 6.07) is 10.2. The number of hydrogen-bond acceptors (Lipinski definition) is 16. The number of terminal acetylenes is 1. The average Bonchev–Trinajstić information content (AvgIpc) is 3.66. The predicted molar refractivity (Wildman–Crippen MR) is 290 cm³/mol. The number of carbonyl (C=O) groups excluding carboxylic acids is 7. The van der Waals surface area contributed by atoms with Crippen LogP contribution >= 0.6 is 19.0 Å². The van der Waals surface area contributed by atoms with E-state index >= 15 is 0 Å². The highest BCUT2D eigenvalue weighted by atomic mass is 35.5. The third kappa shape index (κ3) is 16.3. The molecule has 79 heavy (non-hydrogen) atoms.